The molecule has 1 heterocycles. The summed E-state index contributed by atoms with van der Waals surface area (Å²) in [5.41, 5.74) is 0.484. The summed E-state index contributed by atoms with van der Waals surface area (Å²) in [5, 5.41) is 50.2. The van der Waals surface area contributed by atoms with Crippen LogP contribution < -0.4 is 0 Å². The highest BCUT2D eigenvalue weighted by Gasteiger charge is 2.61. The maximum absolute atomic E-state index is 11.4. The maximum atomic E-state index is 11.4. The van der Waals surface area contributed by atoms with Crippen LogP contribution in [0.15, 0.2) is 0 Å². The van der Waals surface area contributed by atoms with Crippen LogP contribution in [0.3, 0.4) is 0 Å². The molecular weight excluding hydrogens is 457 g/mol. The molecule has 8 heteroatoms. The van der Waals surface area contributed by atoms with E-state index in [0.29, 0.717) is 29.6 Å². The van der Waals surface area contributed by atoms with Crippen LogP contribution in [0.5, 0.6) is 0 Å². The smallest absolute Gasteiger partial charge is 0.335 e. The summed E-state index contributed by atoms with van der Waals surface area (Å²) >= 11 is 0. The van der Waals surface area contributed by atoms with Gasteiger partial charge in [0.2, 0.25) is 0 Å². The van der Waals surface area contributed by atoms with Gasteiger partial charge in [0.15, 0.2) is 12.4 Å². The lowest BCUT2D eigenvalue weighted by atomic mass is 9.47. The van der Waals surface area contributed by atoms with E-state index >= 15 is 0 Å². The van der Waals surface area contributed by atoms with Gasteiger partial charge in [-0.3, -0.25) is 0 Å². The Labute approximate surface area is 208 Å². The molecule has 0 spiro atoms. The van der Waals surface area contributed by atoms with E-state index in [1.165, 1.54) is 25.7 Å². The van der Waals surface area contributed by atoms with Crippen molar-refractivity contribution in [3.8, 4) is 0 Å². The highest BCUT2D eigenvalue weighted by molar-refractivity contribution is 5.73. The lowest BCUT2D eigenvalue weighted by Gasteiger charge is -2.61. The number of hydrogen-bond donors (Lipinski definition) is 5. The molecule has 8 nitrogen and oxygen atoms in total. The molecule has 200 valence electrons. The second-order valence-electron chi connectivity index (χ2n) is 12.9. The molecule has 0 radical (unpaired) electrons. The van der Waals surface area contributed by atoms with Gasteiger partial charge >= 0.3 is 5.97 Å². The molecule has 35 heavy (non-hydrogen) atoms. The van der Waals surface area contributed by atoms with Gasteiger partial charge < -0.3 is 35.0 Å². The fourth-order valence-electron chi connectivity index (χ4n) is 9.53. The first-order valence-corrected chi connectivity index (χ1v) is 13.7. The zero-order valence-electron chi connectivity index (χ0n) is 21.3. The Hall–Kier alpha value is -0.770. The van der Waals surface area contributed by atoms with Crippen LogP contribution in [0.1, 0.15) is 78.6 Å². The monoisotopic (exact) mass is 501 g/mol. The Morgan fingerprint density at radius 1 is 0.914 bits per heavy atom. The molecule has 0 amide bonds. The molecule has 1 saturated heterocycles. The lowest BCUT2D eigenvalue weighted by molar-refractivity contribution is -0.309. The van der Waals surface area contributed by atoms with Gasteiger partial charge in [-0.2, -0.15) is 0 Å². The van der Waals surface area contributed by atoms with Crippen LogP contribution in [0.25, 0.3) is 0 Å². The minimum absolute atomic E-state index is 0.180. The van der Waals surface area contributed by atoms with Gasteiger partial charge in [0.25, 0.3) is 0 Å². The van der Waals surface area contributed by atoms with Gasteiger partial charge in [-0.15, -0.1) is 0 Å². The molecule has 14 atom stereocenters. The van der Waals surface area contributed by atoms with Crippen LogP contribution in [-0.4, -0.2) is 74.4 Å². The molecule has 0 aromatic carbocycles. The third-order valence-corrected chi connectivity index (χ3v) is 11.4. The summed E-state index contributed by atoms with van der Waals surface area (Å²) in [6.45, 7) is 6.86. The van der Waals surface area contributed by atoms with Crippen molar-refractivity contribution in [1.29, 1.82) is 0 Å². The standard InChI is InChI=1S/C27H44O8/c1-13(28)17-6-7-18-16-5-4-14-12-15(8-10-26(14,2)19(16)9-11-27(17,18)3)34-25-22(31)20(29)21(30)23(35-25)24(32)33/h13-23,25,28-31H,4-12H2,1-3H3,(H,32,33)/t13-,14+,15+,16-,17+,18-,19-,20-,21-,22+,23-,25+,26-,27+/m0/s1/i1+1,8+1,12+1,13+1,15+1. The quantitative estimate of drug-likeness (QED) is 0.292. The van der Waals surface area contributed by atoms with Crippen molar-refractivity contribution in [1.82, 2.24) is 0 Å². The van der Waals surface area contributed by atoms with Gasteiger partial charge in [-0.05, 0) is 105 Å². The molecule has 4 aliphatic carbocycles. The van der Waals surface area contributed by atoms with E-state index in [1.54, 1.807) is 0 Å². The third-order valence-electron chi connectivity index (χ3n) is 11.4. The van der Waals surface area contributed by atoms with E-state index in [9.17, 15) is 30.3 Å². The molecule has 0 bridgehead atoms. The molecule has 5 fully saturated rings. The minimum atomic E-state index is -1.70. The number of aliphatic hydroxyl groups excluding tert-OH is 4. The maximum Gasteiger partial charge on any atom is 0.335 e. The number of carboxylic acids is 1. The van der Waals surface area contributed by atoms with Crippen molar-refractivity contribution in [2.75, 3.05) is 0 Å². The van der Waals surface area contributed by atoms with Gasteiger partial charge in [-0.1, -0.05) is 13.8 Å². The summed E-state index contributed by atoms with van der Waals surface area (Å²) in [6, 6.07) is 0. The predicted octanol–water partition coefficient (Wildman–Crippen LogP) is 2.30. The number of carboxylic acid groups (broad SMARTS) is 1. The van der Waals surface area contributed by atoms with Crippen molar-refractivity contribution in [3.05, 3.63) is 0 Å². The predicted molar refractivity (Wildman–Crippen MR) is 126 cm³/mol. The molecule has 0 aromatic rings. The first-order valence-electron chi connectivity index (χ1n) is 13.7. The van der Waals surface area contributed by atoms with Crippen molar-refractivity contribution in [2.24, 2.45) is 40.4 Å². The van der Waals surface area contributed by atoms with Crippen LogP contribution in [0.4, 0.5) is 0 Å². The fourth-order valence-corrected chi connectivity index (χ4v) is 9.53. The van der Waals surface area contributed by atoms with Crippen molar-refractivity contribution in [3.63, 3.8) is 0 Å². The minimum Gasteiger partial charge on any atom is -0.479 e. The molecular formula is C27H44O8. The highest BCUT2D eigenvalue weighted by atomic mass is 16.7. The zero-order valence-corrected chi connectivity index (χ0v) is 21.3. The Morgan fingerprint density at radius 3 is 2.29 bits per heavy atom. The summed E-state index contributed by atoms with van der Waals surface area (Å²) in [5.74, 6) is 1.60. The SMILES string of the molecule is C[C@]12C[13CH2][13C@@H](O[C@@H]3O[C@H](C(=O)O)[C@@H](O)[C@H](O)[C@H]3O)[13CH2][C@H]1CC[C@@H]1[C@@H]2CC[C@]2(C)[C@@H]([13C@H]([13CH3])O)CC[C@@H]12. The van der Waals surface area contributed by atoms with Crippen molar-refractivity contribution >= 4 is 5.97 Å². The molecule has 5 aliphatic rings. The van der Waals surface area contributed by atoms with Crippen LogP contribution in [0, 0.1) is 40.4 Å². The van der Waals surface area contributed by atoms with Gasteiger partial charge in [-0.25, -0.2) is 4.79 Å². The Bertz CT molecular complexity index is 804. The topological polar surface area (TPSA) is 137 Å². The van der Waals surface area contributed by atoms with Crippen LogP contribution >= 0.6 is 0 Å². The Balaban J connectivity index is 1.26. The summed E-state index contributed by atoms with van der Waals surface area (Å²) in [4.78, 5) is 11.4. The number of fused-ring (bicyclic) bond motifs is 5. The number of rotatable bonds is 4. The number of ether oxygens (including phenoxy) is 2. The van der Waals surface area contributed by atoms with E-state index in [2.05, 4.69) is 13.8 Å². The molecule has 5 N–H and O–H groups in total. The van der Waals surface area contributed by atoms with E-state index in [0.717, 1.165) is 32.1 Å². The van der Waals surface area contributed by atoms with E-state index in [1.807, 2.05) is 6.92 Å². The summed E-state index contributed by atoms with van der Waals surface area (Å²) in [6.07, 6.45) is 1.63. The largest absolute Gasteiger partial charge is 0.479 e. The van der Waals surface area contributed by atoms with Gasteiger partial charge in [0, 0.05) is 0 Å². The van der Waals surface area contributed by atoms with Gasteiger partial charge in [0.1, 0.15) is 18.3 Å². The zero-order chi connectivity index (χ0) is 25.3. The summed E-state index contributed by atoms with van der Waals surface area (Å²) < 4.78 is 11.4. The Kier molecular flexibility index (Phi) is 6.80. The molecule has 0 unspecified atom stereocenters. The summed E-state index contributed by atoms with van der Waals surface area (Å²) in [7, 11) is 0. The first-order chi connectivity index (χ1) is 16.5. The highest BCUT2D eigenvalue weighted by Crippen LogP contribution is 2.67. The molecule has 1 aliphatic heterocycles. The third kappa shape index (κ3) is 4.07. The van der Waals surface area contributed by atoms with Crippen LogP contribution in [0.2, 0.25) is 0 Å². The number of aliphatic carboxylic acids is 1. The number of aliphatic hydroxyl groups is 4. The molecule has 4 saturated carbocycles. The molecule has 5 rings (SSSR count). The van der Waals surface area contributed by atoms with Gasteiger partial charge in [0.05, 0.1) is 12.2 Å². The van der Waals surface area contributed by atoms with E-state index < -0.39 is 36.7 Å². The molecule has 0 aromatic heterocycles. The van der Waals surface area contributed by atoms with Crippen molar-refractivity contribution < 1.29 is 39.8 Å². The Morgan fingerprint density at radius 2 is 1.60 bits per heavy atom. The number of carbonyl (C=O) groups is 1. The van der Waals surface area contributed by atoms with E-state index in [4.69, 9.17) is 9.47 Å². The average molecular weight is 502 g/mol. The number of hydrogen-bond acceptors (Lipinski definition) is 7. The first kappa shape index (κ1) is 25.9. The fraction of sp³-hybridized carbons (Fsp3) is 0.963. The second-order valence-corrected chi connectivity index (χ2v) is 12.9. The average Bonchev–Trinajstić information content (AvgIpc) is 3.17. The lowest BCUT2D eigenvalue weighted by Crippen LogP contribution is -2.61. The van der Waals surface area contributed by atoms with E-state index in [-0.39, 0.29) is 23.0 Å². The normalized spacial score (nSPS) is 54.9. The van der Waals surface area contributed by atoms with Crippen LogP contribution in [-0.2, 0) is 14.3 Å². The van der Waals surface area contributed by atoms with Crippen molar-refractivity contribution in [2.45, 2.75) is 121 Å². The second kappa shape index (κ2) is 9.21.